The van der Waals surface area contributed by atoms with E-state index in [4.69, 9.17) is 4.55 Å². The fourth-order valence-corrected chi connectivity index (χ4v) is 4.78. The van der Waals surface area contributed by atoms with E-state index in [2.05, 4.69) is 0 Å². The first-order valence-corrected chi connectivity index (χ1v) is 10.3. The third kappa shape index (κ3) is 4.09. The zero-order valence-corrected chi connectivity index (χ0v) is 9.94. The van der Waals surface area contributed by atoms with Gasteiger partial charge in [0.2, 0.25) is 0 Å². The van der Waals surface area contributed by atoms with E-state index in [1.807, 2.05) is 30.3 Å². The van der Waals surface area contributed by atoms with Crippen LogP contribution in [-0.4, -0.2) is 33.2 Å². The molecule has 1 rings (SSSR count). The molecular formula is C7H9O3SSb. The first kappa shape index (κ1) is 10.0. The predicted octanol–water partition coefficient (Wildman–Crippen LogP) is 0.426. The van der Waals surface area contributed by atoms with Gasteiger partial charge in [-0.25, -0.2) is 0 Å². The molecule has 12 heavy (non-hydrogen) atoms. The summed E-state index contributed by atoms with van der Waals surface area (Å²) < 4.78 is 29.9. The molecule has 0 bridgehead atoms. The van der Waals surface area contributed by atoms with E-state index < -0.39 is 27.4 Å². The standard InChI is InChI=1S/C7H7.HO3S.Sb.H/c1-7-5-3-2-4-6-7;1-4(2)3;;/h2-6H,1H2;(H,1,2,3);;. The average Bonchev–Trinajstić information content (AvgIpc) is 2.02. The van der Waals surface area contributed by atoms with Gasteiger partial charge in [0, 0.05) is 0 Å². The summed E-state index contributed by atoms with van der Waals surface area (Å²) in [4.78, 5) is 0. The molecule has 0 fully saturated rings. The van der Waals surface area contributed by atoms with Crippen molar-refractivity contribution in [1.82, 2.24) is 0 Å². The third-order valence-corrected chi connectivity index (χ3v) is 7.34. The summed E-state index contributed by atoms with van der Waals surface area (Å²) in [5, 5.41) is 0. The molecule has 66 valence electrons. The van der Waals surface area contributed by atoms with Crippen LogP contribution < -0.4 is 0 Å². The molecule has 0 spiro atoms. The number of hydrogen-bond donors (Lipinski definition) is 1. The molecule has 0 unspecified atom stereocenters. The molecule has 5 heteroatoms. The molecule has 0 aliphatic heterocycles. The van der Waals surface area contributed by atoms with Crippen molar-refractivity contribution in [2.75, 3.05) is 0 Å². The van der Waals surface area contributed by atoms with Crippen LogP contribution in [0.15, 0.2) is 30.3 Å². The van der Waals surface area contributed by atoms with E-state index in [0.717, 1.165) is 5.56 Å². The molecule has 0 saturated heterocycles. The van der Waals surface area contributed by atoms with Gasteiger partial charge in [0.15, 0.2) is 0 Å². The van der Waals surface area contributed by atoms with E-state index >= 15 is 0 Å². The van der Waals surface area contributed by atoms with Crippen LogP contribution in [-0.2, 0) is 11.6 Å². The summed E-state index contributed by atoms with van der Waals surface area (Å²) in [6.45, 7) is 0. The fraction of sp³-hybridized carbons (Fsp3) is 0.143. The second-order valence-electron chi connectivity index (χ2n) is 2.28. The fourth-order valence-electron chi connectivity index (χ4n) is 0.770. The molecule has 3 nitrogen and oxygen atoms in total. The molecule has 1 N–H and O–H groups in total. The summed E-state index contributed by atoms with van der Waals surface area (Å²) >= 11 is -1.69. The van der Waals surface area contributed by atoms with Crippen molar-refractivity contribution in [3.63, 3.8) is 0 Å². The Morgan fingerprint density at radius 3 is 2.33 bits per heavy atom. The Bertz CT molecular complexity index is 333. The zero-order chi connectivity index (χ0) is 9.03. The van der Waals surface area contributed by atoms with Gasteiger partial charge in [0.25, 0.3) is 0 Å². The van der Waals surface area contributed by atoms with Gasteiger partial charge in [-0.2, -0.15) is 0 Å². The van der Waals surface area contributed by atoms with Crippen LogP contribution in [0.3, 0.4) is 0 Å². The summed E-state index contributed by atoms with van der Waals surface area (Å²) in [6, 6.07) is 9.33. The van der Waals surface area contributed by atoms with Gasteiger partial charge >= 0.3 is 80.7 Å². The minimum atomic E-state index is -3.65. The van der Waals surface area contributed by atoms with Gasteiger partial charge in [-0.05, 0) is 0 Å². The van der Waals surface area contributed by atoms with Gasteiger partial charge in [0.05, 0.1) is 0 Å². The van der Waals surface area contributed by atoms with Crippen LogP contribution in [0.2, 0.25) is 0 Å². The van der Waals surface area contributed by atoms with Crippen LogP contribution in [0, 0.1) is 0 Å². The molecule has 0 atom stereocenters. The van der Waals surface area contributed by atoms with Crippen LogP contribution in [0.5, 0.6) is 0 Å². The van der Waals surface area contributed by atoms with Crippen molar-refractivity contribution in [2.45, 2.75) is 4.37 Å². The molecule has 0 aliphatic carbocycles. The molecule has 1 aromatic carbocycles. The van der Waals surface area contributed by atoms with Gasteiger partial charge in [0.1, 0.15) is 0 Å². The normalized spacial score (nSPS) is 11.4. The zero-order valence-electron chi connectivity index (χ0n) is 6.27. The minimum absolute atomic E-state index is 0.531. The van der Waals surface area contributed by atoms with Gasteiger partial charge in [-0.3, -0.25) is 0 Å². The SMILES string of the molecule is O=[S](=O)(O)[SbH][CH2]c1ccccc1. The van der Waals surface area contributed by atoms with Crippen LogP contribution in [0.4, 0.5) is 0 Å². The molecule has 0 saturated carbocycles. The second kappa shape index (κ2) is 4.26. The number of benzene rings is 1. The van der Waals surface area contributed by atoms with E-state index in [-0.39, 0.29) is 0 Å². The first-order valence-electron chi connectivity index (χ1n) is 3.34. The molecule has 0 heterocycles. The molecule has 0 aromatic heterocycles. The molecule has 1 aromatic rings. The number of rotatable bonds is 3. The third-order valence-electron chi connectivity index (χ3n) is 1.30. The van der Waals surface area contributed by atoms with Crippen LogP contribution in [0.1, 0.15) is 5.56 Å². The maximum atomic E-state index is 10.4. The maximum absolute atomic E-state index is 10.4. The molecular weight excluding hydrogens is 286 g/mol. The van der Waals surface area contributed by atoms with E-state index in [0.29, 0.717) is 4.37 Å². The topological polar surface area (TPSA) is 54.4 Å². The monoisotopic (exact) mass is 294 g/mol. The Morgan fingerprint density at radius 2 is 1.83 bits per heavy atom. The van der Waals surface area contributed by atoms with Crippen molar-refractivity contribution in [2.24, 2.45) is 0 Å². The van der Waals surface area contributed by atoms with E-state index in [1.165, 1.54) is 0 Å². The van der Waals surface area contributed by atoms with Crippen molar-refractivity contribution in [3.8, 4) is 0 Å². The summed E-state index contributed by atoms with van der Waals surface area (Å²) in [6.07, 6.45) is 0. The van der Waals surface area contributed by atoms with Crippen molar-refractivity contribution < 1.29 is 13.0 Å². The Balaban J connectivity index is 2.56. The Morgan fingerprint density at radius 1 is 1.25 bits per heavy atom. The predicted molar refractivity (Wildman–Crippen MR) is 48.8 cm³/mol. The Labute approximate surface area is 80.5 Å². The van der Waals surface area contributed by atoms with E-state index in [1.54, 1.807) is 0 Å². The molecule has 0 amide bonds. The van der Waals surface area contributed by atoms with Gasteiger partial charge < -0.3 is 0 Å². The second-order valence-corrected chi connectivity index (χ2v) is 11.4. The van der Waals surface area contributed by atoms with Crippen molar-refractivity contribution >= 4 is 27.4 Å². The molecule has 0 radical (unpaired) electrons. The van der Waals surface area contributed by atoms with E-state index in [9.17, 15) is 8.42 Å². The summed E-state index contributed by atoms with van der Waals surface area (Å²) in [5.41, 5.74) is 0.988. The Hall–Kier alpha value is -0.0518. The van der Waals surface area contributed by atoms with Gasteiger partial charge in [-0.15, -0.1) is 0 Å². The van der Waals surface area contributed by atoms with Crippen LogP contribution >= 0.6 is 0 Å². The summed E-state index contributed by atoms with van der Waals surface area (Å²) in [5.74, 6) is 0. The van der Waals surface area contributed by atoms with Gasteiger partial charge in [-0.1, -0.05) is 0 Å². The first-order chi connectivity index (χ1) is 5.58. The molecule has 0 aliphatic rings. The average molecular weight is 295 g/mol. The van der Waals surface area contributed by atoms with Crippen molar-refractivity contribution in [1.29, 1.82) is 0 Å². The quantitative estimate of drug-likeness (QED) is 0.650. The van der Waals surface area contributed by atoms with Crippen molar-refractivity contribution in [3.05, 3.63) is 35.9 Å². The summed E-state index contributed by atoms with van der Waals surface area (Å²) in [7, 11) is -3.65. The Kier molecular flexibility index (Phi) is 3.56. The van der Waals surface area contributed by atoms with Crippen LogP contribution in [0.25, 0.3) is 0 Å². The number of hydrogen-bond acceptors (Lipinski definition) is 2.